The van der Waals surface area contributed by atoms with Gasteiger partial charge in [0.1, 0.15) is 5.60 Å². The summed E-state index contributed by atoms with van der Waals surface area (Å²) in [6.45, 7) is 9.39. The molecule has 0 saturated carbocycles. The van der Waals surface area contributed by atoms with Crippen LogP contribution in [0.1, 0.15) is 32.0 Å². The Hall–Kier alpha value is -1.60. The molecule has 1 aromatic rings. The van der Waals surface area contributed by atoms with Gasteiger partial charge in [0.15, 0.2) is 0 Å². The summed E-state index contributed by atoms with van der Waals surface area (Å²) < 4.78 is 10.9. The van der Waals surface area contributed by atoms with Crippen molar-refractivity contribution in [2.45, 2.75) is 52.0 Å². The second-order valence-corrected chi connectivity index (χ2v) is 6.67. The van der Waals surface area contributed by atoms with Crippen LogP contribution in [-0.4, -0.2) is 59.1 Å². The summed E-state index contributed by atoms with van der Waals surface area (Å²) >= 11 is 0. The molecule has 124 valence electrons. The van der Waals surface area contributed by atoms with Crippen LogP contribution >= 0.6 is 0 Å². The number of aromatic amines is 1. The Bertz CT molecular complexity index is 509. The maximum atomic E-state index is 12.2. The average Bonchev–Trinajstić information content (AvgIpc) is 3.00. The molecular weight excluding hydrogens is 284 g/mol. The summed E-state index contributed by atoms with van der Waals surface area (Å²) in [4.78, 5) is 13.9. The number of carbonyl (C=O) groups excluding carboxylic acids is 1. The predicted octanol–water partition coefficient (Wildman–Crippen LogP) is 1.44. The number of methoxy groups -OCH3 is 1. The number of amides is 1. The lowest BCUT2D eigenvalue weighted by molar-refractivity contribution is 0.0252. The number of nitrogens with one attached hydrogen (secondary N) is 2. The summed E-state index contributed by atoms with van der Waals surface area (Å²) in [5.74, 6) is 0. The average molecular weight is 310 g/mol. The van der Waals surface area contributed by atoms with Gasteiger partial charge in [0.2, 0.25) is 0 Å². The van der Waals surface area contributed by atoms with E-state index in [0.29, 0.717) is 19.6 Å². The molecule has 1 aliphatic rings. The summed E-state index contributed by atoms with van der Waals surface area (Å²) in [5, 5.41) is 10.4. The van der Waals surface area contributed by atoms with Crippen molar-refractivity contribution in [3.8, 4) is 0 Å². The smallest absolute Gasteiger partial charge is 0.410 e. The number of hydrogen-bond acceptors (Lipinski definition) is 5. The second-order valence-electron chi connectivity index (χ2n) is 6.67. The number of likely N-dealkylation sites (tertiary alicyclic amines) is 1. The number of ether oxygens (including phenoxy) is 2. The molecule has 1 amide bonds. The first-order chi connectivity index (χ1) is 10.3. The number of aromatic nitrogens is 2. The number of rotatable bonds is 4. The lowest BCUT2D eigenvalue weighted by Gasteiger charge is -2.24. The first-order valence-corrected chi connectivity index (χ1v) is 7.53. The topological polar surface area (TPSA) is 79.5 Å². The molecule has 0 aromatic carbocycles. The summed E-state index contributed by atoms with van der Waals surface area (Å²) in [5.41, 5.74) is 1.67. The highest BCUT2D eigenvalue weighted by molar-refractivity contribution is 5.68. The van der Waals surface area contributed by atoms with Crippen LogP contribution in [-0.2, 0) is 16.0 Å². The fourth-order valence-corrected chi connectivity index (χ4v) is 2.48. The maximum absolute atomic E-state index is 12.2. The molecule has 7 nitrogen and oxygen atoms in total. The molecule has 0 spiro atoms. The van der Waals surface area contributed by atoms with Gasteiger partial charge in [-0.05, 0) is 27.7 Å². The third-order valence-corrected chi connectivity index (χ3v) is 3.71. The lowest BCUT2D eigenvalue weighted by Crippen LogP contribution is -2.40. The van der Waals surface area contributed by atoms with Gasteiger partial charge in [-0.25, -0.2) is 4.79 Å². The van der Waals surface area contributed by atoms with Crippen molar-refractivity contribution < 1.29 is 14.3 Å². The first-order valence-electron chi connectivity index (χ1n) is 7.53. The van der Waals surface area contributed by atoms with Crippen LogP contribution in [0.4, 0.5) is 4.79 Å². The molecule has 1 aromatic heterocycles. The summed E-state index contributed by atoms with van der Waals surface area (Å²) in [6.07, 6.45) is 1.48. The van der Waals surface area contributed by atoms with E-state index in [9.17, 15) is 4.79 Å². The maximum Gasteiger partial charge on any atom is 0.410 e. The molecule has 1 saturated heterocycles. The standard InChI is InChI=1S/C15H26N4O3/c1-10-11(7-17-18-10)6-16-12-8-19(9-13(12)21-5)14(20)22-15(2,3)4/h7,12-13,16H,6,8-9H2,1-5H3,(H,17,18)/t12?,13-/m0/s1. The molecule has 2 rings (SSSR count). The molecule has 1 aliphatic heterocycles. The highest BCUT2D eigenvalue weighted by Crippen LogP contribution is 2.18. The Labute approximate surface area is 131 Å². The van der Waals surface area contributed by atoms with Crippen molar-refractivity contribution in [3.63, 3.8) is 0 Å². The van der Waals surface area contributed by atoms with Crippen LogP contribution in [0, 0.1) is 6.92 Å². The lowest BCUT2D eigenvalue weighted by atomic mass is 10.2. The van der Waals surface area contributed by atoms with Crippen molar-refractivity contribution in [1.82, 2.24) is 20.4 Å². The highest BCUT2D eigenvalue weighted by atomic mass is 16.6. The van der Waals surface area contributed by atoms with Crippen LogP contribution in [0.5, 0.6) is 0 Å². The summed E-state index contributed by atoms with van der Waals surface area (Å²) in [6, 6.07) is 0.0758. The molecular formula is C15H26N4O3. The van der Waals surface area contributed by atoms with Crippen LogP contribution in [0.2, 0.25) is 0 Å². The number of H-pyrrole nitrogens is 1. The van der Waals surface area contributed by atoms with Crippen molar-refractivity contribution >= 4 is 6.09 Å². The normalized spacial score (nSPS) is 22.1. The largest absolute Gasteiger partial charge is 0.444 e. The van der Waals surface area contributed by atoms with Crippen LogP contribution < -0.4 is 5.32 Å². The van der Waals surface area contributed by atoms with E-state index in [0.717, 1.165) is 11.3 Å². The minimum atomic E-state index is -0.487. The van der Waals surface area contributed by atoms with E-state index in [2.05, 4.69) is 15.5 Å². The van der Waals surface area contributed by atoms with E-state index in [1.807, 2.05) is 33.9 Å². The van der Waals surface area contributed by atoms with Gasteiger partial charge in [-0.3, -0.25) is 5.10 Å². The Morgan fingerprint density at radius 2 is 2.23 bits per heavy atom. The second kappa shape index (κ2) is 6.66. The van der Waals surface area contributed by atoms with E-state index in [1.165, 1.54) is 0 Å². The van der Waals surface area contributed by atoms with Gasteiger partial charge < -0.3 is 19.7 Å². The minimum absolute atomic E-state index is 0.0419. The molecule has 7 heteroatoms. The van der Waals surface area contributed by atoms with Gasteiger partial charge in [-0.1, -0.05) is 0 Å². The van der Waals surface area contributed by atoms with Crippen LogP contribution in [0.3, 0.4) is 0 Å². The molecule has 1 unspecified atom stereocenters. The molecule has 1 fully saturated rings. The van der Waals surface area contributed by atoms with Crippen molar-refractivity contribution in [1.29, 1.82) is 0 Å². The monoisotopic (exact) mass is 310 g/mol. The SMILES string of the molecule is CO[C@H]1CN(C(=O)OC(C)(C)C)CC1NCc1cn[nH]c1C. The van der Waals surface area contributed by atoms with E-state index in [4.69, 9.17) is 9.47 Å². The molecule has 2 atom stereocenters. The minimum Gasteiger partial charge on any atom is -0.444 e. The molecule has 0 radical (unpaired) electrons. The van der Waals surface area contributed by atoms with Gasteiger partial charge >= 0.3 is 6.09 Å². The van der Waals surface area contributed by atoms with Crippen molar-refractivity contribution in [3.05, 3.63) is 17.5 Å². The van der Waals surface area contributed by atoms with E-state index < -0.39 is 5.60 Å². The van der Waals surface area contributed by atoms with Crippen LogP contribution in [0.15, 0.2) is 6.20 Å². The Morgan fingerprint density at radius 3 is 2.77 bits per heavy atom. The Morgan fingerprint density at radius 1 is 1.50 bits per heavy atom. The number of hydrogen-bond donors (Lipinski definition) is 2. The fraction of sp³-hybridized carbons (Fsp3) is 0.733. The van der Waals surface area contributed by atoms with E-state index in [1.54, 1.807) is 12.0 Å². The molecule has 2 heterocycles. The van der Waals surface area contributed by atoms with Gasteiger partial charge in [-0.2, -0.15) is 5.10 Å². The predicted molar refractivity (Wildman–Crippen MR) is 82.6 cm³/mol. The number of nitrogens with zero attached hydrogens (tertiary/aromatic N) is 2. The van der Waals surface area contributed by atoms with Gasteiger partial charge in [0, 0.05) is 31.5 Å². The zero-order valence-corrected chi connectivity index (χ0v) is 14.0. The zero-order chi connectivity index (χ0) is 16.3. The first kappa shape index (κ1) is 16.8. The third-order valence-electron chi connectivity index (χ3n) is 3.71. The third kappa shape index (κ3) is 4.20. The van der Waals surface area contributed by atoms with E-state index >= 15 is 0 Å². The Kier molecular flexibility index (Phi) is 5.08. The van der Waals surface area contributed by atoms with Crippen LogP contribution in [0.25, 0.3) is 0 Å². The van der Waals surface area contributed by atoms with Gasteiger partial charge in [0.05, 0.1) is 24.9 Å². The van der Waals surface area contributed by atoms with Crippen molar-refractivity contribution in [2.75, 3.05) is 20.2 Å². The highest BCUT2D eigenvalue weighted by Gasteiger charge is 2.37. The van der Waals surface area contributed by atoms with Gasteiger partial charge in [0.25, 0.3) is 0 Å². The zero-order valence-electron chi connectivity index (χ0n) is 14.0. The fourth-order valence-electron chi connectivity index (χ4n) is 2.48. The molecule has 2 N–H and O–H groups in total. The quantitative estimate of drug-likeness (QED) is 0.880. The van der Waals surface area contributed by atoms with Crippen molar-refractivity contribution in [2.24, 2.45) is 0 Å². The number of carbonyl (C=O) groups is 1. The van der Waals surface area contributed by atoms with Gasteiger partial charge in [-0.15, -0.1) is 0 Å². The number of aryl methyl sites for hydroxylation is 1. The molecule has 0 bridgehead atoms. The Balaban J connectivity index is 1.92. The molecule has 0 aliphatic carbocycles. The molecule has 22 heavy (non-hydrogen) atoms. The summed E-state index contributed by atoms with van der Waals surface area (Å²) in [7, 11) is 1.67. The van der Waals surface area contributed by atoms with E-state index in [-0.39, 0.29) is 18.2 Å².